The first kappa shape index (κ1) is 30.4. The minimum Gasteiger partial charge on any atom is -0.492 e. The van der Waals surface area contributed by atoms with Crippen molar-refractivity contribution in [2.24, 2.45) is 11.8 Å². The van der Waals surface area contributed by atoms with Crippen molar-refractivity contribution >= 4 is 21.7 Å². The predicted molar refractivity (Wildman–Crippen MR) is 174 cm³/mol. The van der Waals surface area contributed by atoms with Crippen molar-refractivity contribution in [3.63, 3.8) is 0 Å². The van der Waals surface area contributed by atoms with Crippen LogP contribution in [0.15, 0.2) is 49.3 Å². The van der Waals surface area contributed by atoms with Crippen molar-refractivity contribution in [1.29, 1.82) is 0 Å². The first-order chi connectivity index (χ1) is 22.3. The van der Waals surface area contributed by atoms with Gasteiger partial charge in [0.2, 0.25) is 0 Å². The van der Waals surface area contributed by atoms with Gasteiger partial charge in [0.1, 0.15) is 17.4 Å². The number of aromatic nitrogens is 7. The molecule has 13 heteroatoms. The van der Waals surface area contributed by atoms with E-state index in [1.165, 1.54) is 38.1 Å². The number of rotatable bonds is 11. The fourth-order valence-electron chi connectivity index (χ4n) is 5.88. The Morgan fingerprint density at radius 2 is 1.74 bits per heavy atom. The number of hydrogen-bond acceptors (Lipinski definition) is 10. The standard InChI is InChI=1S/C33H39N9O3S/c1-40(2)19-23-3-5-24(6-4-23)22-45-30-15-32(35-17-26(30)8-7-25-16-36-41(20-25)28-9-10-28)38-31-13-14-34-33(39-31)27-18-37-42(21-27)46(43,44)29-11-12-29/h13-18,20-21,23-24,28-29H,3-6,9-12,19,22H2,1-2H3,(H,34,35,38,39)/t23-,24-. The van der Waals surface area contributed by atoms with E-state index in [1.54, 1.807) is 24.7 Å². The molecule has 0 spiro atoms. The molecule has 3 aliphatic carbocycles. The van der Waals surface area contributed by atoms with Crippen LogP contribution in [0.25, 0.3) is 11.4 Å². The van der Waals surface area contributed by atoms with E-state index in [0.717, 1.165) is 35.0 Å². The van der Waals surface area contributed by atoms with Crippen LogP contribution < -0.4 is 10.1 Å². The van der Waals surface area contributed by atoms with Gasteiger partial charge in [-0.25, -0.2) is 23.4 Å². The predicted octanol–water partition coefficient (Wildman–Crippen LogP) is 4.50. The topological polar surface area (TPSA) is 133 Å². The van der Waals surface area contributed by atoms with Crippen molar-refractivity contribution < 1.29 is 13.2 Å². The molecule has 4 aromatic rings. The summed E-state index contributed by atoms with van der Waals surface area (Å²) in [6.07, 6.45) is 18.5. The van der Waals surface area contributed by atoms with Crippen LogP contribution >= 0.6 is 0 Å². The number of pyridine rings is 1. The minimum atomic E-state index is -3.47. The summed E-state index contributed by atoms with van der Waals surface area (Å²) in [5, 5.41) is 11.4. The fourth-order valence-corrected chi connectivity index (χ4v) is 7.36. The largest absolute Gasteiger partial charge is 0.492 e. The van der Waals surface area contributed by atoms with Crippen LogP contribution in [0.3, 0.4) is 0 Å². The van der Waals surface area contributed by atoms with Gasteiger partial charge in [0, 0.05) is 31.2 Å². The van der Waals surface area contributed by atoms with Gasteiger partial charge in [0.25, 0.3) is 10.0 Å². The molecule has 4 heterocycles. The van der Waals surface area contributed by atoms with E-state index in [4.69, 9.17) is 4.74 Å². The second kappa shape index (κ2) is 12.8. The lowest BCUT2D eigenvalue weighted by molar-refractivity contribution is 0.166. The molecular weight excluding hydrogens is 602 g/mol. The third-order valence-electron chi connectivity index (χ3n) is 8.73. The Kier molecular flexibility index (Phi) is 8.48. The summed E-state index contributed by atoms with van der Waals surface area (Å²) >= 11 is 0. The van der Waals surface area contributed by atoms with Crippen LogP contribution in [-0.2, 0) is 10.0 Å². The number of hydrogen-bond donors (Lipinski definition) is 1. The molecule has 46 heavy (non-hydrogen) atoms. The molecule has 0 bridgehead atoms. The summed E-state index contributed by atoms with van der Waals surface area (Å²) in [6, 6.07) is 4.09. The highest BCUT2D eigenvalue weighted by atomic mass is 32.2. The molecule has 3 fully saturated rings. The van der Waals surface area contributed by atoms with Crippen molar-refractivity contribution in [1.82, 2.24) is 38.8 Å². The number of nitrogens with one attached hydrogen (secondary N) is 1. The third kappa shape index (κ3) is 7.24. The zero-order chi connectivity index (χ0) is 31.7. The lowest BCUT2D eigenvalue weighted by Gasteiger charge is -2.30. The summed E-state index contributed by atoms with van der Waals surface area (Å²) in [7, 11) is 0.811. The van der Waals surface area contributed by atoms with Crippen LogP contribution in [0.4, 0.5) is 11.6 Å². The molecule has 3 aliphatic rings. The minimum absolute atomic E-state index is 0.358. The maximum atomic E-state index is 12.6. The van der Waals surface area contributed by atoms with Crippen molar-refractivity contribution in [2.75, 3.05) is 32.6 Å². The van der Waals surface area contributed by atoms with Crippen LogP contribution in [0.1, 0.15) is 68.5 Å². The molecule has 12 nitrogen and oxygen atoms in total. The maximum Gasteiger partial charge on any atom is 0.256 e. The van der Waals surface area contributed by atoms with Gasteiger partial charge in [-0.3, -0.25) is 4.68 Å². The molecule has 0 unspecified atom stereocenters. The van der Waals surface area contributed by atoms with Crippen LogP contribution in [0.5, 0.6) is 5.75 Å². The van der Waals surface area contributed by atoms with Gasteiger partial charge in [-0.2, -0.15) is 14.3 Å². The Labute approximate surface area is 269 Å². The molecular formula is C33H39N9O3S. The summed E-state index contributed by atoms with van der Waals surface area (Å²) in [5.74, 6) is 9.81. The first-order valence-electron chi connectivity index (χ1n) is 16.0. The number of ether oxygens (including phenoxy) is 1. The highest BCUT2D eigenvalue weighted by Gasteiger charge is 2.37. The lowest BCUT2D eigenvalue weighted by atomic mass is 9.82. The average molecular weight is 642 g/mol. The molecule has 3 saturated carbocycles. The van der Waals surface area contributed by atoms with Gasteiger partial charge in [-0.15, -0.1) is 0 Å². The molecule has 0 aromatic carbocycles. The quantitative estimate of drug-likeness (QED) is 0.234. The van der Waals surface area contributed by atoms with Crippen molar-refractivity contribution in [2.45, 2.75) is 62.7 Å². The second-order valence-corrected chi connectivity index (χ2v) is 15.0. The SMILES string of the molecule is CN(C)C[C@H]1CC[C@H](COc2cc(Nc3ccnc(-c4cnn(S(=O)(=O)C5CC5)c4)n3)ncc2C#Cc2cnn(C3CC3)c2)CC1. The molecule has 0 saturated heterocycles. The Morgan fingerprint density at radius 3 is 2.50 bits per heavy atom. The Bertz CT molecular complexity index is 1860. The molecule has 7 rings (SSSR count). The van der Waals surface area contributed by atoms with Crippen molar-refractivity contribution in [3.8, 4) is 29.0 Å². The van der Waals surface area contributed by atoms with Gasteiger partial charge < -0.3 is 15.0 Å². The van der Waals surface area contributed by atoms with E-state index in [9.17, 15) is 8.42 Å². The summed E-state index contributed by atoms with van der Waals surface area (Å²) in [4.78, 5) is 15.8. The highest BCUT2D eigenvalue weighted by Crippen LogP contribution is 2.34. The number of anilines is 2. The van der Waals surface area contributed by atoms with Gasteiger partial charge in [0.15, 0.2) is 5.82 Å². The van der Waals surface area contributed by atoms with Gasteiger partial charge >= 0.3 is 0 Å². The van der Waals surface area contributed by atoms with E-state index in [-0.39, 0.29) is 5.25 Å². The molecule has 0 aliphatic heterocycles. The number of nitrogens with zero attached hydrogens (tertiary/aromatic N) is 8. The van der Waals surface area contributed by atoms with Crippen LogP contribution in [0.2, 0.25) is 0 Å². The van der Waals surface area contributed by atoms with Crippen LogP contribution in [-0.4, -0.2) is 79.7 Å². The third-order valence-corrected chi connectivity index (χ3v) is 10.8. The Balaban J connectivity index is 1.08. The van der Waals surface area contributed by atoms with E-state index in [0.29, 0.717) is 65.7 Å². The fraction of sp³-hybridized carbons (Fsp3) is 0.485. The van der Waals surface area contributed by atoms with Gasteiger partial charge in [0.05, 0.1) is 53.2 Å². The summed E-state index contributed by atoms with van der Waals surface area (Å²) in [5.41, 5.74) is 2.08. The molecule has 0 radical (unpaired) electrons. The van der Waals surface area contributed by atoms with Gasteiger partial charge in [-0.1, -0.05) is 11.8 Å². The summed E-state index contributed by atoms with van der Waals surface area (Å²) < 4.78 is 34.6. The first-order valence-corrected chi connectivity index (χ1v) is 17.5. The van der Waals surface area contributed by atoms with Gasteiger partial charge in [-0.05, 0) is 83.4 Å². The van der Waals surface area contributed by atoms with Crippen molar-refractivity contribution in [3.05, 3.63) is 60.4 Å². The Hall–Kier alpha value is -4.28. The van der Waals surface area contributed by atoms with E-state index < -0.39 is 10.0 Å². The average Bonchev–Trinajstić information content (AvgIpc) is 3.98. The Morgan fingerprint density at radius 1 is 0.935 bits per heavy atom. The van der Waals surface area contributed by atoms with E-state index >= 15 is 0 Å². The molecule has 240 valence electrons. The normalized spacial score (nSPS) is 19.9. The molecule has 1 N–H and O–H groups in total. The lowest BCUT2D eigenvalue weighted by Crippen LogP contribution is -2.27. The van der Waals surface area contributed by atoms with E-state index in [2.05, 4.69) is 61.3 Å². The highest BCUT2D eigenvalue weighted by molar-refractivity contribution is 7.90. The summed E-state index contributed by atoms with van der Waals surface area (Å²) in [6.45, 7) is 1.76. The molecule has 4 aromatic heterocycles. The maximum absolute atomic E-state index is 12.6. The smallest absolute Gasteiger partial charge is 0.256 e. The monoisotopic (exact) mass is 641 g/mol. The zero-order valence-corrected chi connectivity index (χ0v) is 27.0. The van der Waals surface area contributed by atoms with Crippen LogP contribution in [0, 0.1) is 23.7 Å². The molecule has 0 atom stereocenters. The second-order valence-electron chi connectivity index (χ2n) is 13.0. The van der Waals surface area contributed by atoms with E-state index in [1.807, 2.05) is 16.9 Å². The molecule has 0 amide bonds. The zero-order valence-electron chi connectivity index (χ0n) is 26.2.